The molecule has 0 bridgehead atoms. The molecule has 4 heteroatoms. The normalized spacial score (nSPS) is 10.2. The van der Waals surface area contributed by atoms with Gasteiger partial charge in [0, 0.05) is 13.1 Å². The molecule has 0 spiro atoms. The SMILES string of the molecule is CCCN(CCC)c1cn[nH]n1. The minimum absolute atomic E-state index is 0.957. The highest BCUT2D eigenvalue weighted by Gasteiger charge is 2.05. The molecule has 0 atom stereocenters. The van der Waals surface area contributed by atoms with Gasteiger partial charge < -0.3 is 4.90 Å². The van der Waals surface area contributed by atoms with E-state index in [1.807, 2.05) is 0 Å². The van der Waals surface area contributed by atoms with Crippen molar-refractivity contribution in [2.45, 2.75) is 26.7 Å². The Balaban J connectivity index is 2.53. The van der Waals surface area contributed by atoms with Crippen LogP contribution in [0.15, 0.2) is 6.20 Å². The molecule has 1 N–H and O–H groups in total. The quantitative estimate of drug-likeness (QED) is 0.723. The lowest BCUT2D eigenvalue weighted by Crippen LogP contribution is -2.25. The average Bonchev–Trinajstić information content (AvgIpc) is 2.56. The third-order valence-corrected chi connectivity index (χ3v) is 1.71. The van der Waals surface area contributed by atoms with Gasteiger partial charge >= 0.3 is 0 Å². The topological polar surface area (TPSA) is 44.8 Å². The number of rotatable bonds is 5. The van der Waals surface area contributed by atoms with Crippen molar-refractivity contribution in [3.05, 3.63) is 6.20 Å². The molecular formula is C8H16N4. The summed E-state index contributed by atoms with van der Waals surface area (Å²) in [4.78, 5) is 2.24. The zero-order valence-corrected chi connectivity index (χ0v) is 7.75. The van der Waals surface area contributed by atoms with Gasteiger partial charge in [-0.2, -0.15) is 10.3 Å². The molecule has 0 unspecified atom stereocenters. The Labute approximate surface area is 73.0 Å². The van der Waals surface area contributed by atoms with Crippen molar-refractivity contribution in [1.29, 1.82) is 0 Å². The van der Waals surface area contributed by atoms with Crippen LogP contribution in [-0.4, -0.2) is 28.5 Å². The lowest BCUT2D eigenvalue weighted by Gasteiger charge is -2.19. The van der Waals surface area contributed by atoms with Crippen molar-refractivity contribution >= 4 is 5.82 Å². The Morgan fingerprint density at radius 3 is 2.42 bits per heavy atom. The molecule has 0 saturated carbocycles. The fraction of sp³-hybridized carbons (Fsp3) is 0.750. The number of nitrogens with one attached hydrogen (secondary N) is 1. The Morgan fingerprint density at radius 1 is 1.33 bits per heavy atom. The van der Waals surface area contributed by atoms with Crippen molar-refractivity contribution in [2.24, 2.45) is 0 Å². The summed E-state index contributed by atoms with van der Waals surface area (Å²) in [5.74, 6) is 0.957. The van der Waals surface area contributed by atoms with Gasteiger partial charge in [0.15, 0.2) is 5.82 Å². The largest absolute Gasteiger partial charge is 0.354 e. The smallest absolute Gasteiger partial charge is 0.170 e. The lowest BCUT2D eigenvalue weighted by atomic mass is 10.3. The summed E-state index contributed by atoms with van der Waals surface area (Å²) < 4.78 is 0. The molecule has 0 aromatic carbocycles. The van der Waals surface area contributed by atoms with Crippen LogP contribution in [0.5, 0.6) is 0 Å². The molecule has 12 heavy (non-hydrogen) atoms. The number of hydrogen-bond acceptors (Lipinski definition) is 3. The highest BCUT2D eigenvalue weighted by Crippen LogP contribution is 2.07. The first-order valence-electron chi connectivity index (χ1n) is 4.49. The van der Waals surface area contributed by atoms with Crippen LogP contribution in [0.1, 0.15) is 26.7 Å². The fourth-order valence-electron chi connectivity index (χ4n) is 1.23. The first kappa shape index (κ1) is 9.03. The molecule has 1 aromatic rings. The number of aromatic nitrogens is 3. The second-order valence-corrected chi connectivity index (χ2v) is 2.82. The van der Waals surface area contributed by atoms with E-state index in [1.54, 1.807) is 6.20 Å². The van der Waals surface area contributed by atoms with Crippen molar-refractivity contribution in [3.63, 3.8) is 0 Å². The summed E-state index contributed by atoms with van der Waals surface area (Å²) in [6.07, 6.45) is 4.06. The van der Waals surface area contributed by atoms with Gasteiger partial charge in [-0.1, -0.05) is 13.8 Å². The lowest BCUT2D eigenvalue weighted by molar-refractivity contribution is 0.731. The molecule has 0 aliphatic heterocycles. The first-order valence-corrected chi connectivity index (χ1v) is 4.49. The molecule has 0 amide bonds. The van der Waals surface area contributed by atoms with Crippen molar-refractivity contribution in [1.82, 2.24) is 15.4 Å². The minimum atomic E-state index is 0.957. The molecule has 1 rings (SSSR count). The molecule has 4 nitrogen and oxygen atoms in total. The number of aromatic amines is 1. The Bertz CT molecular complexity index is 189. The van der Waals surface area contributed by atoms with Gasteiger partial charge in [0.05, 0.1) is 6.20 Å². The van der Waals surface area contributed by atoms with Crippen LogP contribution in [-0.2, 0) is 0 Å². The van der Waals surface area contributed by atoms with Crippen LogP contribution in [0.4, 0.5) is 5.82 Å². The summed E-state index contributed by atoms with van der Waals surface area (Å²) in [6, 6.07) is 0. The third-order valence-electron chi connectivity index (χ3n) is 1.71. The Morgan fingerprint density at radius 2 is 2.00 bits per heavy atom. The number of anilines is 1. The molecule has 1 aromatic heterocycles. The predicted octanol–water partition coefficient (Wildman–Crippen LogP) is 1.43. The van der Waals surface area contributed by atoms with Crippen molar-refractivity contribution in [2.75, 3.05) is 18.0 Å². The highest BCUT2D eigenvalue weighted by atomic mass is 15.4. The Hall–Kier alpha value is -1.06. The first-order chi connectivity index (χ1) is 5.88. The molecule has 0 radical (unpaired) electrons. The van der Waals surface area contributed by atoms with Gasteiger partial charge in [-0.15, -0.1) is 5.10 Å². The van der Waals surface area contributed by atoms with Crippen LogP contribution >= 0.6 is 0 Å². The maximum Gasteiger partial charge on any atom is 0.170 e. The maximum atomic E-state index is 4.04. The standard InChI is InChI=1S/C8H16N4/c1-3-5-12(6-4-2)8-7-9-11-10-8/h7H,3-6H2,1-2H3,(H,9,10,11). The number of hydrogen-bond donors (Lipinski definition) is 1. The van der Waals surface area contributed by atoms with Gasteiger partial charge in [-0.3, -0.25) is 0 Å². The van der Waals surface area contributed by atoms with Crippen molar-refractivity contribution < 1.29 is 0 Å². The molecule has 68 valence electrons. The van der Waals surface area contributed by atoms with E-state index in [2.05, 4.69) is 34.2 Å². The highest BCUT2D eigenvalue weighted by molar-refractivity contribution is 5.33. The van der Waals surface area contributed by atoms with E-state index in [4.69, 9.17) is 0 Å². The molecule has 0 fully saturated rings. The summed E-state index contributed by atoms with van der Waals surface area (Å²) in [6.45, 7) is 6.45. The van der Waals surface area contributed by atoms with Crippen LogP contribution in [0, 0.1) is 0 Å². The second kappa shape index (κ2) is 4.74. The minimum Gasteiger partial charge on any atom is -0.354 e. The van der Waals surface area contributed by atoms with E-state index in [0.717, 1.165) is 31.7 Å². The van der Waals surface area contributed by atoms with E-state index < -0.39 is 0 Å². The fourth-order valence-corrected chi connectivity index (χ4v) is 1.23. The van der Waals surface area contributed by atoms with Gasteiger partial charge in [-0.25, -0.2) is 0 Å². The maximum absolute atomic E-state index is 4.04. The van der Waals surface area contributed by atoms with Gasteiger partial charge in [0.25, 0.3) is 0 Å². The summed E-state index contributed by atoms with van der Waals surface area (Å²) >= 11 is 0. The van der Waals surface area contributed by atoms with E-state index >= 15 is 0 Å². The molecule has 1 heterocycles. The molecular weight excluding hydrogens is 152 g/mol. The third kappa shape index (κ3) is 2.22. The molecule has 0 aliphatic carbocycles. The van der Waals surface area contributed by atoms with E-state index in [0.29, 0.717) is 0 Å². The predicted molar refractivity (Wildman–Crippen MR) is 49.2 cm³/mol. The molecule has 0 saturated heterocycles. The molecule has 0 aliphatic rings. The number of nitrogens with zero attached hydrogens (tertiary/aromatic N) is 3. The Kier molecular flexibility index (Phi) is 3.57. The van der Waals surface area contributed by atoms with Crippen LogP contribution in [0.2, 0.25) is 0 Å². The monoisotopic (exact) mass is 168 g/mol. The van der Waals surface area contributed by atoms with Gasteiger partial charge in [-0.05, 0) is 12.8 Å². The zero-order valence-electron chi connectivity index (χ0n) is 7.75. The second-order valence-electron chi connectivity index (χ2n) is 2.82. The van der Waals surface area contributed by atoms with Crippen molar-refractivity contribution in [3.8, 4) is 0 Å². The van der Waals surface area contributed by atoms with Gasteiger partial charge in [0.2, 0.25) is 0 Å². The van der Waals surface area contributed by atoms with E-state index in [9.17, 15) is 0 Å². The summed E-state index contributed by atoms with van der Waals surface area (Å²) in [7, 11) is 0. The van der Waals surface area contributed by atoms with Crippen LogP contribution < -0.4 is 4.90 Å². The van der Waals surface area contributed by atoms with Crippen LogP contribution in [0.25, 0.3) is 0 Å². The van der Waals surface area contributed by atoms with Crippen LogP contribution in [0.3, 0.4) is 0 Å². The summed E-state index contributed by atoms with van der Waals surface area (Å²) in [5.41, 5.74) is 0. The zero-order chi connectivity index (χ0) is 8.81. The van der Waals surface area contributed by atoms with E-state index in [-0.39, 0.29) is 0 Å². The average molecular weight is 168 g/mol. The number of H-pyrrole nitrogens is 1. The van der Waals surface area contributed by atoms with E-state index in [1.165, 1.54) is 0 Å². The van der Waals surface area contributed by atoms with Gasteiger partial charge in [0.1, 0.15) is 0 Å². The summed E-state index contributed by atoms with van der Waals surface area (Å²) in [5, 5.41) is 10.5.